The Labute approximate surface area is 186 Å². The molecular formula is C18H24N6O9. The summed E-state index contributed by atoms with van der Waals surface area (Å²) in [7, 11) is 0. The van der Waals surface area contributed by atoms with Crippen molar-refractivity contribution in [2.45, 2.75) is 38.5 Å². The molecule has 12 N–H and O–H groups in total. The molecule has 0 bridgehead atoms. The third-order valence-corrected chi connectivity index (χ3v) is 4.73. The minimum Gasteiger partial charge on any atom is -0.366 e. The Balaban J connectivity index is 4.01. The molecule has 6 amide bonds. The number of nitrogens with two attached hydrogens (primary N) is 3. The zero-order chi connectivity index (χ0) is 25.3. The monoisotopic (exact) mass is 468 g/mol. The number of carbonyl (C=O) groups excluding carboxylic acids is 6. The summed E-state index contributed by atoms with van der Waals surface area (Å²) in [6.07, 6.45) is -2.42. The van der Waals surface area contributed by atoms with E-state index in [9.17, 15) is 28.8 Å². The Hall–Kier alpha value is -4.08. The normalized spacial score (nSPS) is 10.3. The van der Waals surface area contributed by atoms with Crippen LogP contribution in [0.2, 0.25) is 0 Å². The van der Waals surface area contributed by atoms with Gasteiger partial charge in [0.15, 0.2) is 0 Å². The first-order valence-corrected chi connectivity index (χ1v) is 9.38. The van der Waals surface area contributed by atoms with Gasteiger partial charge in [-0.05, 0) is 36.0 Å². The summed E-state index contributed by atoms with van der Waals surface area (Å²) in [5, 5.41) is 26.3. The molecule has 1 aromatic rings. The van der Waals surface area contributed by atoms with Crippen molar-refractivity contribution in [1.29, 1.82) is 0 Å². The first kappa shape index (κ1) is 27.0. The largest absolute Gasteiger partial charge is 0.366 e. The summed E-state index contributed by atoms with van der Waals surface area (Å²) < 4.78 is 0. The second-order valence-electron chi connectivity index (χ2n) is 6.76. The highest BCUT2D eigenvalue weighted by Gasteiger charge is 2.31. The van der Waals surface area contributed by atoms with E-state index in [-0.39, 0.29) is 36.0 Å². The van der Waals surface area contributed by atoms with E-state index in [1.165, 1.54) is 16.4 Å². The maximum atomic E-state index is 12.4. The second-order valence-corrected chi connectivity index (χ2v) is 6.76. The number of hydrogen-bond acceptors (Lipinski definition) is 9. The zero-order valence-corrected chi connectivity index (χ0v) is 17.3. The van der Waals surface area contributed by atoms with Gasteiger partial charge in [0, 0.05) is 36.0 Å². The highest BCUT2D eigenvalue weighted by molar-refractivity contribution is 6.09. The lowest BCUT2D eigenvalue weighted by Gasteiger charge is -2.23. The van der Waals surface area contributed by atoms with E-state index in [0.717, 1.165) is 0 Å². The fourth-order valence-electron chi connectivity index (χ4n) is 3.45. The predicted octanol–water partition coefficient (Wildman–Crippen LogP) is -2.70. The van der Waals surface area contributed by atoms with Gasteiger partial charge in [-0.1, -0.05) is 0 Å². The highest BCUT2D eigenvalue weighted by atomic mass is 16.5. The molecule has 0 heterocycles. The zero-order valence-electron chi connectivity index (χ0n) is 17.3. The number of carbonyl (C=O) groups is 6. The van der Waals surface area contributed by atoms with Crippen LogP contribution in [-0.2, 0) is 33.6 Å². The summed E-state index contributed by atoms with van der Waals surface area (Å²) in [5.41, 5.74) is 18.9. The summed E-state index contributed by atoms with van der Waals surface area (Å²) >= 11 is 0. The molecule has 0 radical (unpaired) electrons. The molecule has 0 spiro atoms. The van der Waals surface area contributed by atoms with Crippen molar-refractivity contribution in [1.82, 2.24) is 16.4 Å². The Morgan fingerprint density at radius 3 is 0.879 bits per heavy atom. The molecular weight excluding hydrogens is 444 g/mol. The van der Waals surface area contributed by atoms with Crippen molar-refractivity contribution >= 4 is 35.4 Å². The number of benzene rings is 1. The number of hydrogen-bond donors (Lipinski definition) is 9. The van der Waals surface area contributed by atoms with E-state index in [1.807, 2.05) is 0 Å². The summed E-state index contributed by atoms with van der Waals surface area (Å²) in [6, 6.07) is 0. The van der Waals surface area contributed by atoms with Gasteiger partial charge >= 0.3 is 0 Å². The molecule has 180 valence electrons. The fraction of sp³-hybridized carbons (Fsp3) is 0.333. The van der Waals surface area contributed by atoms with Crippen LogP contribution >= 0.6 is 0 Å². The molecule has 1 aromatic carbocycles. The predicted molar refractivity (Wildman–Crippen MR) is 107 cm³/mol. The van der Waals surface area contributed by atoms with Gasteiger partial charge in [-0.2, -0.15) is 0 Å². The van der Waals surface area contributed by atoms with Gasteiger partial charge in [0.25, 0.3) is 0 Å². The van der Waals surface area contributed by atoms with E-state index >= 15 is 0 Å². The van der Waals surface area contributed by atoms with E-state index in [0.29, 0.717) is 0 Å². The maximum absolute atomic E-state index is 12.4. The Morgan fingerprint density at radius 1 is 0.515 bits per heavy atom. The number of primary amides is 3. The molecule has 0 saturated carbocycles. The van der Waals surface area contributed by atoms with Crippen molar-refractivity contribution < 1.29 is 44.4 Å². The third-order valence-electron chi connectivity index (χ3n) is 4.73. The number of rotatable bonds is 12. The van der Waals surface area contributed by atoms with Crippen LogP contribution in [0, 0.1) is 0 Å². The summed E-state index contributed by atoms with van der Waals surface area (Å²) in [5.74, 6) is -6.08. The molecule has 0 unspecified atom stereocenters. The molecule has 33 heavy (non-hydrogen) atoms. The van der Waals surface area contributed by atoms with Gasteiger partial charge < -0.3 is 17.2 Å². The van der Waals surface area contributed by atoms with Crippen LogP contribution in [0.15, 0.2) is 0 Å². The lowest BCUT2D eigenvalue weighted by atomic mass is 9.80. The minimum absolute atomic E-state index is 0.164. The minimum atomic E-state index is -1.14. The van der Waals surface area contributed by atoms with Gasteiger partial charge in [0.05, 0.1) is 0 Å². The van der Waals surface area contributed by atoms with Crippen molar-refractivity contribution in [3.05, 3.63) is 33.4 Å². The maximum Gasteiger partial charge on any atom is 0.249 e. The fourth-order valence-corrected chi connectivity index (χ4v) is 3.45. The molecule has 1 rings (SSSR count). The summed E-state index contributed by atoms with van der Waals surface area (Å²) in [4.78, 5) is 71.8. The van der Waals surface area contributed by atoms with Crippen LogP contribution in [0.4, 0.5) is 0 Å². The van der Waals surface area contributed by atoms with Gasteiger partial charge in [0.2, 0.25) is 35.4 Å². The number of amides is 6. The van der Waals surface area contributed by atoms with Gasteiger partial charge in [-0.3, -0.25) is 44.4 Å². The first-order chi connectivity index (χ1) is 15.5. The molecule has 15 nitrogen and oxygen atoms in total. The molecule has 0 aliphatic rings. The Morgan fingerprint density at radius 2 is 0.727 bits per heavy atom. The van der Waals surface area contributed by atoms with Crippen LogP contribution in [0.25, 0.3) is 0 Å². The SMILES string of the molecule is NC(=O)c1c(CCC(=O)NO)c(C(N)=O)c(CCC(=O)NO)c(C(N)=O)c1CCC(=O)NO. The molecule has 0 aromatic heterocycles. The smallest absolute Gasteiger partial charge is 0.249 e. The third kappa shape index (κ3) is 6.70. The lowest BCUT2D eigenvalue weighted by molar-refractivity contribution is -0.129. The molecule has 0 aliphatic carbocycles. The summed E-state index contributed by atoms with van der Waals surface area (Å²) in [6.45, 7) is 0. The van der Waals surface area contributed by atoms with Gasteiger partial charge in [-0.25, -0.2) is 16.4 Å². The van der Waals surface area contributed by atoms with Gasteiger partial charge in [0.1, 0.15) is 0 Å². The van der Waals surface area contributed by atoms with Crippen molar-refractivity contribution in [3.63, 3.8) is 0 Å². The average Bonchev–Trinajstić information content (AvgIpc) is 2.77. The number of nitrogens with one attached hydrogen (secondary N) is 3. The number of hydroxylamine groups is 3. The van der Waals surface area contributed by atoms with Crippen LogP contribution in [0.5, 0.6) is 0 Å². The second kappa shape index (κ2) is 12.1. The van der Waals surface area contributed by atoms with E-state index in [1.54, 1.807) is 0 Å². The van der Waals surface area contributed by atoms with Crippen molar-refractivity contribution in [2.75, 3.05) is 0 Å². The standard InChI is InChI=1S/C18H24N6O9/c19-16(28)13-7(1-4-10(25)22-31)14(17(20)29)9(3-6-12(27)24-33)15(18(21)30)8(13)2-5-11(26)23-32/h31-33H,1-6H2,(H2,19,28)(H2,20,29)(H2,21,30)(H,22,25)(H,23,26)(H,24,27). The van der Waals surface area contributed by atoms with E-state index in [4.69, 9.17) is 32.8 Å². The van der Waals surface area contributed by atoms with E-state index < -0.39 is 71.4 Å². The molecule has 0 atom stereocenters. The molecule has 0 aliphatic heterocycles. The first-order valence-electron chi connectivity index (χ1n) is 9.38. The highest BCUT2D eigenvalue weighted by Crippen LogP contribution is 2.31. The van der Waals surface area contributed by atoms with Crippen molar-refractivity contribution in [3.8, 4) is 0 Å². The van der Waals surface area contributed by atoms with Crippen LogP contribution in [-0.4, -0.2) is 51.1 Å². The molecule has 15 heteroatoms. The van der Waals surface area contributed by atoms with Gasteiger partial charge in [-0.15, -0.1) is 0 Å². The topological polar surface area (TPSA) is 277 Å². The Kier molecular flexibility index (Phi) is 9.87. The van der Waals surface area contributed by atoms with Crippen molar-refractivity contribution in [2.24, 2.45) is 17.2 Å². The van der Waals surface area contributed by atoms with Crippen LogP contribution < -0.4 is 33.6 Å². The lowest BCUT2D eigenvalue weighted by Crippen LogP contribution is -2.31. The Bertz CT molecular complexity index is 847. The quantitative estimate of drug-likeness (QED) is 0.114. The van der Waals surface area contributed by atoms with E-state index in [2.05, 4.69) is 0 Å². The van der Waals surface area contributed by atoms with Crippen LogP contribution in [0.3, 0.4) is 0 Å². The average molecular weight is 468 g/mol. The molecule has 0 fully saturated rings. The van der Waals surface area contributed by atoms with Crippen LogP contribution in [0.1, 0.15) is 67.0 Å². The molecule has 0 saturated heterocycles.